The molecule has 0 N–H and O–H groups in total. The van der Waals surface area contributed by atoms with Crippen LogP contribution in [0.5, 0.6) is 5.75 Å². The van der Waals surface area contributed by atoms with E-state index in [1.54, 1.807) is 0 Å². The van der Waals surface area contributed by atoms with Crippen molar-refractivity contribution in [3.63, 3.8) is 0 Å². The van der Waals surface area contributed by atoms with Crippen molar-refractivity contribution in [2.24, 2.45) is 0 Å². The summed E-state index contributed by atoms with van der Waals surface area (Å²) in [6.07, 6.45) is 0. The van der Waals surface area contributed by atoms with E-state index >= 15 is 0 Å². The second kappa shape index (κ2) is 6.02. The molecule has 0 radical (unpaired) electrons. The molecule has 0 unspecified atom stereocenters. The highest BCUT2D eigenvalue weighted by molar-refractivity contribution is 6.84. The summed E-state index contributed by atoms with van der Waals surface area (Å²) >= 11 is 0. The van der Waals surface area contributed by atoms with E-state index in [0.29, 0.717) is 5.69 Å². The van der Waals surface area contributed by atoms with Crippen LogP contribution in [0.3, 0.4) is 0 Å². The predicted octanol–water partition coefficient (Wildman–Crippen LogP) is 4.83. The largest absolute Gasteiger partial charge is 0.551 e. The maximum absolute atomic E-state index is 7.66. The lowest BCUT2D eigenvalue weighted by Gasteiger charge is -2.26. The number of para-hydroxylation sites is 3. The van der Waals surface area contributed by atoms with Crippen LogP contribution < -0.4 is 15.6 Å². The van der Waals surface area contributed by atoms with Gasteiger partial charge in [0.25, 0.3) is 0 Å². The molecular weight excluding hydrogens is 355 g/mol. The first-order chi connectivity index (χ1) is 14.4. The summed E-state index contributed by atoms with van der Waals surface area (Å²) in [4.78, 5) is 3.79. The van der Waals surface area contributed by atoms with Gasteiger partial charge in [0.2, 0.25) is 0 Å². The first-order valence-corrected chi connectivity index (χ1v) is 9.61. The van der Waals surface area contributed by atoms with Gasteiger partial charge in [-0.05, 0) is 40.6 Å². The molecule has 1 aromatic heterocycles. The maximum Gasteiger partial charge on any atom is 0.430 e. The molecule has 0 saturated carbocycles. The summed E-state index contributed by atoms with van der Waals surface area (Å²) in [5.74, 6) is 0.843. The van der Waals surface area contributed by atoms with E-state index < -0.39 is 0 Å². The zero-order valence-electron chi connectivity index (χ0n) is 15.5. The van der Waals surface area contributed by atoms with Crippen molar-refractivity contribution in [3.8, 4) is 11.4 Å². The van der Waals surface area contributed by atoms with Crippen LogP contribution in [-0.2, 0) is 0 Å². The first-order valence-electron chi connectivity index (χ1n) is 9.61. The monoisotopic (exact) mass is 370 g/mol. The van der Waals surface area contributed by atoms with E-state index in [9.17, 15) is 0 Å². The summed E-state index contributed by atoms with van der Waals surface area (Å²) in [5, 5.41) is 2.11. The second-order valence-corrected chi connectivity index (χ2v) is 7.23. The zero-order chi connectivity index (χ0) is 19.4. The van der Waals surface area contributed by atoms with Gasteiger partial charge in [-0.3, -0.25) is 0 Å². The van der Waals surface area contributed by atoms with Gasteiger partial charge >= 0.3 is 6.92 Å². The summed E-state index contributed by atoms with van der Waals surface area (Å²) < 4.78 is 8.79. The lowest BCUT2D eigenvalue weighted by Crippen LogP contribution is -2.52. The molecule has 29 heavy (non-hydrogen) atoms. The minimum Gasteiger partial charge on any atom is -0.551 e. The lowest BCUT2D eigenvalue weighted by atomic mass is 9.53. The third-order valence-electron chi connectivity index (χ3n) is 5.68. The third kappa shape index (κ3) is 2.19. The number of benzene rings is 4. The summed E-state index contributed by atoms with van der Waals surface area (Å²) in [6.45, 7) is 7.46. The fourth-order valence-electron chi connectivity index (χ4n) is 4.52. The number of hydrogen-bond acceptors (Lipinski definition) is 1. The Bertz CT molecular complexity index is 1450. The highest BCUT2D eigenvalue weighted by Crippen LogP contribution is 2.38. The van der Waals surface area contributed by atoms with Gasteiger partial charge in [-0.1, -0.05) is 66.7 Å². The Morgan fingerprint density at radius 3 is 2.38 bits per heavy atom. The standard InChI is InChI=1S/C25H15BN2O/c1-27-21-14-8-16-23-24(21)18-11-7-13-20-25(18)28(23)22-15-6-5-12-19(22)26(20)29-17-9-3-2-4-10-17/h2-16H. The normalized spacial score (nSPS) is 12.0. The quantitative estimate of drug-likeness (QED) is 0.322. The number of hydrogen-bond donors (Lipinski definition) is 0. The summed E-state index contributed by atoms with van der Waals surface area (Å²) in [6, 6.07) is 30.6. The molecule has 0 bridgehead atoms. The second-order valence-electron chi connectivity index (χ2n) is 7.23. The average molecular weight is 370 g/mol. The van der Waals surface area contributed by atoms with Gasteiger partial charge in [0.15, 0.2) is 5.69 Å². The molecule has 0 aliphatic carbocycles. The van der Waals surface area contributed by atoms with Gasteiger partial charge in [0.1, 0.15) is 0 Å². The SMILES string of the molecule is [C-]#[N+]c1cccc2c1c1cccc3c1n2-c1ccccc1B3Oc1ccccc1. The molecule has 5 aromatic rings. The molecule has 4 heteroatoms. The molecule has 0 fully saturated rings. The van der Waals surface area contributed by atoms with E-state index in [0.717, 1.165) is 44.2 Å². The first kappa shape index (κ1) is 16.0. The van der Waals surface area contributed by atoms with Crippen LogP contribution in [0.1, 0.15) is 0 Å². The van der Waals surface area contributed by atoms with Gasteiger partial charge in [-0.15, -0.1) is 0 Å². The smallest absolute Gasteiger partial charge is 0.430 e. The molecule has 0 saturated heterocycles. The topological polar surface area (TPSA) is 18.5 Å². The number of fused-ring (bicyclic) bond motifs is 5. The van der Waals surface area contributed by atoms with Crippen molar-refractivity contribution < 1.29 is 4.65 Å². The van der Waals surface area contributed by atoms with Crippen LogP contribution in [0.2, 0.25) is 0 Å². The van der Waals surface area contributed by atoms with Crippen LogP contribution in [0.25, 0.3) is 32.3 Å². The van der Waals surface area contributed by atoms with E-state index in [-0.39, 0.29) is 6.92 Å². The molecule has 3 nitrogen and oxygen atoms in total. The number of nitrogens with zero attached hydrogens (tertiary/aromatic N) is 2. The van der Waals surface area contributed by atoms with Crippen molar-refractivity contribution in [2.75, 3.05) is 0 Å². The average Bonchev–Trinajstić information content (AvgIpc) is 3.13. The fraction of sp³-hybridized carbons (Fsp3) is 0. The maximum atomic E-state index is 7.66. The fourth-order valence-corrected chi connectivity index (χ4v) is 4.52. The molecule has 2 heterocycles. The van der Waals surface area contributed by atoms with Crippen LogP contribution in [0, 0.1) is 6.57 Å². The third-order valence-corrected chi connectivity index (χ3v) is 5.68. The highest BCUT2D eigenvalue weighted by Gasteiger charge is 2.35. The Kier molecular flexibility index (Phi) is 3.33. The highest BCUT2D eigenvalue weighted by atomic mass is 16.4. The molecule has 4 aromatic carbocycles. The van der Waals surface area contributed by atoms with Crippen molar-refractivity contribution in [3.05, 3.63) is 102 Å². The Labute approximate surface area is 168 Å². The van der Waals surface area contributed by atoms with Gasteiger partial charge in [-0.2, -0.15) is 0 Å². The van der Waals surface area contributed by atoms with Crippen LogP contribution >= 0.6 is 0 Å². The minimum absolute atomic E-state index is 0.203. The van der Waals surface area contributed by atoms with Gasteiger partial charge in [-0.25, -0.2) is 4.85 Å². The molecule has 0 spiro atoms. The Hall–Kier alpha value is -3.97. The Balaban J connectivity index is 1.74. The number of rotatable bonds is 2. The molecule has 1 aliphatic heterocycles. The van der Waals surface area contributed by atoms with Crippen LogP contribution in [0.15, 0.2) is 91.0 Å². The zero-order valence-corrected chi connectivity index (χ0v) is 15.5. The van der Waals surface area contributed by atoms with E-state index in [4.69, 9.17) is 11.2 Å². The summed E-state index contributed by atoms with van der Waals surface area (Å²) in [7, 11) is 0. The van der Waals surface area contributed by atoms with Gasteiger partial charge in [0.05, 0.1) is 17.8 Å². The van der Waals surface area contributed by atoms with Gasteiger partial charge in [0, 0.05) is 16.6 Å². The molecule has 134 valence electrons. The molecule has 0 atom stereocenters. The van der Waals surface area contributed by atoms with E-state index in [1.807, 2.05) is 42.5 Å². The van der Waals surface area contributed by atoms with Crippen molar-refractivity contribution in [1.82, 2.24) is 4.57 Å². The van der Waals surface area contributed by atoms with Crippen molar-refractivity contribution >= 4 is 45.3 Å². The lowest BCUT2D eigenvalue weighted by molar-refractivity contribution is 0.591. The van der Waals surface area contributed by atoms with Crippen LogP contribution in [0.4, 0.5) is 5.69 Å². The van der Waals surface area contributed by atoms with Crippen LogP contribution in [-0.4, -0.2) is 11.5 Å². The minimum atomic E-state index is -0.203. The molecular formula is C25H15BN2O. The Morgan fingerprint density at radius 2 is 1.52 bits per heavy atom. The molecule has 6 rings (SSSR count). The Morgan fingerprint density at radius 1 is 0.759 bits per heavy atom. The predicted molar refractivity (Wildman–Crippen MR) is 119 cm³/mol. The number of aromatic nitrogens is 1. The van der Waals surface area contributed by atoms with Gasteiger partial charge < -0.3 is 9.22 Å². The van der Waals surface area contributed by atoms with E-state index in [1.165, 1.54) is 0 Å². The molecule has 1 aliphatic rings. The molecule has 0 amide bonds. The summed E-state index contributed by atoms with van der Waals surface area (Å²) in [5.41, 5.74) is 6.22. The van der Waals surface area contributed by atoms with E-state index in [2.05, 4.69) is 57.9 Å². The van der Waals surface area contributed by atoms with Crippen molar-refractivity contribution in [1.29, 1.82) is 0 Å². The van der Waals surface area contributed by atoms with Crippen molar-refractivity contribution in [2.45, 2.75) is 0 Å².